The molecule has 1 unspecified atom stereocenters. The van der Waals surface area contributed by atoms with Crippen molar-refractivity contribution in [2.24, 2.45) is 40.1 Å². The summed E-state index contributed by atoms with van der Waals surface area (Å²) in [6.07, 6.45) is 3.81. The largest absolute Gasteiger partial charge is 0.481 e. The van der Waals surface area contributed by atoms with E-state index in [-0.39, 0.29) is 131 Å². The second-order valence-corrected chi connectivity index (χ2v) is 38.8. The average molecular weight is 1890 g/mol. The van der Waals surface area contributed by atoms with Crippen LogP contribution < -0.4 is 64.2 Å². The third-order valence-corrected chi connectivity index (χ3v) is 24.1. The smallest absolute Gasteiger partial charge is 0.407 e. The van der Waals surface area contributed by atoms with Gasteiger partial charge in [-0.05, 0) is 154 Å². The quantitative estimate of drug-likeness (QED) is 0.00977. The number of hydrogen-bond acceptors (Lipinski definition) is 19. The van der Waals surface area contributed by atoms with Crippen LogP contribution in [0, 0.1) is 28.6 Å². The first-order valence-electron chi connectivity index (χ1n) is 43.9. The SMILES string of the molecule is CCCCCCN(C(=O)[C@@H](N)[C@@H](C)CC)[C@H](C[C@@H](OCC)c1nc(C(=O)N[C@@H](Cc2ccc(NC(=O)CNC(=O)OCc3ccc(NC(=O)[C@H](CCCNC(N)=O)NC(=O)[C@@H](NC(=O)[C@H](CCC(=O)O)NC(=O)CC(C)(I)COCC(C)(C)CNC(=O)CCC(=O)N4Cc5ccccc5C5=C(C5)c5ccccc54)C(C)C)cc3)cc2)CC(C)(C)C(=O)O)cs1)C(C)C. The van der Waals surface area contributed by atoms with E-state index >= 15 is 0 Å². The maximum Gasteiger partial charge on any atom is 0.407 e. The Balaban J connectivity index is 0.863. The predicted octanol–water partition coefficient (Wildman–Crippen LogP) is 11.9. The number of unbranched alkanes of at least 4 members (excludes halogenated alkanes) is 3. The number of alkyl halides is 1. The van der Waals surface area contributed by atoms with Gasteiger partial charge in [0.2, 0.25) is 47.3 Å². The number of nitrogens with zero attached hydrogens (tertiary/aromatic N) is 3. The fraction of sp³-hybridized carbons (Fsp3) is 0.548. The summed E-state index contributed by atoms with van der Waals surface area (Å²) in [5.41, 5.74) is 18.6. The average Bonchev–Trinajstić information content (AvgIpc) is 1.59. The Bertz CT molecular complexity index is 4630. The number of hydrogen-bond donors (Lipinski definition) is 13. The van der Waals surface area contributed by atoms with Crippen LogP contribution in [0.25, 0.3) is 11.1 Å². The van der Waals surface area contributed by atoms with Crippen LogP contribution in [0.4, 0.5) is 26.7 Å². The first-order chi connectivity index (χ1) is 60.1. The molecule has 1 aromatic heterocycles. The van der Waals surface area contributed by atoms with Gasteiger partial charge in [0.15, 0.2) is 0 Å². The summed E-state index contributed by atoms with van der Waals surface area (Å²) >= 11 is 3.34. The third kappa shape index (κ3) is 33.6. The lowest BCUT2D eigenvalue weighted by Gasteiger charge is -2.38. The Morgan fingerprint density at radius 1 is 0.669 bits per heavy atom. The van der Waals surface area contributed by atoms with E-state index in [9.17, 15) is 72.5 Å². The van der Waals surface area contributed by atoms with Crippen LogP contribution in [0.3, 0.4) is 0 Å². The van der Waals surface area contributed by atoms with E-state index in [2.05, 4.69) is 97.3 Å². The Morgan fingerprint density at radius 3 is 1.97 bits per heavy atom. The zero-order valence-corrected chi connectivity index (χ0v) is 78.4. The van der Waals surface area contributed by atoms with E-state index in [1.54, 1.807) is 81.3 Å². The highest BCUT2D eigenvalue weighted by atomic mass is 127. The molecule has 0 spiro atoms. The van der Waals surface area contributed by atoms with Crippen molar-refractivity contribution in [2.75, 3.05) is 61.5 Å². The number of alkyl carbamates (subject to hydrolysis) is 1. The maximum absolute atomic E-state index is 14.2. The fourth-order valence-electron chi connectivity index (χ4n) is 14.8. The summed E-state index contributed by atoms with van der Waals surface area (Å²) in [5.74, 6) is -7.50. The molecule has 7 rings (SSSR count). The second kappa shape index (κ2) is 49.8. The fourth-order valence-corrected chi connectivity index (χ4v) is 16.3. The van der Waals surface area contributed by atoms with Crippen LogP contribution in [0.5, 0.6) is 0 Å². The number of aromatic nitrogens is 1. The molecule has 4 aromatic carbocycles. The summed E-state index contributed by atoms with van der Waals surface area (Å²) in [5, 5.41) is 46.4. The molecule has 0 radical (unpaired) electrons. The normalized spacial score (nSPS) is 14.8. The molecule has 2 heterocycles. The molecule has 2 aliphatic rings. The molecule has 0 bridgehead atoms. The Labute approximate surface area is 762 Å². The number of amides is 12. The van der Waals surface area contributed by atoms with Crippen molar-refractivity contribution in [1.29, 1.82) is 0 Å². The number of allylic oxidation sites excluding steroid dienone is 2. The van der Waals surface area contributed by atoms with Gasteiger partial charge in [0.1, 0.15) is 48.1 Å². The van der Waals surface area contributed by atoms with E-state index in [4.69, 9.17) is 30.7 Å². The Kier molecular flexibility index (Phi) is 40.6. The number of anilines is 3. The van der Waals surface area contributed by atoms with Gasteiger partial charge in [-0.2, -0.15) is 0 Å². The van der Waals surface area contributed by atoms with E-state index in [0.29, 0.717) is 47.9 Å². The van der Waals surface area contributed by atoms with Gasteiger partial charge in [0.25, 0.3) is 5.91 Å². The molecule has 12 amide bonds. The number of urea groups is 1. The lowest BCUT2D eigenvalue weighted by atomic mass is 9.84. The molecule has 9 atom stereocenters. The number of rotatable bonds is 53. The molecule has 0 saturated heterocycles. The summed E-state index contributed by atoms with van der Waals surface area (Å²) < 4.78 is 17.0. The molecule has 0 saturated carbocycles. The number of carbonyl (C=O) groups excluding carboxylic acids is 11. The number of nitrogens with two attached hydrogens (primary N) is 2. The van der Waals surface area contributed by atoms with Crippen LogP contribution in [0.2, 0.25) is 0 Å². The lowest BCUT2D eigenvalue weighted by molar-refractivity contribution is -0.147. The molecule has 5 aromatic rings. The predicted molar refractivity (Wildman–Crippen MR) is 496 cm³/mol. The van der Waals surface area contributed by atoms with Gasteiger partial charge in [-0.1, -0.05) is 177 Å². The van der Waals surface area contributed by atoms with Crippen molar-refractivity contribution < 1.29 is 86.8 Å². The standard InChI is InChI=1S/C93H131IN14O18S/c1-14-17-18-23-43-107(87(119)80(95)58(8)15-2)73(56(4)5)46-74(125-16-3)86-105-71(52-127-86)84(117)102-64(47-92(11,12)88(120)121)44-59-30-34-62(35-31-59)100-77(111)49-98-90(123)126-51-60-32-36-63(37-33-60)101-82(115)69(28-24-42-97-89(96)122)104-85(118)81(57(6)7)106-83(116)70(38-41-79(113)114)103-76(110)48-93(13,94)55-124-54-91(9,10)53-99-75(109)39-40-78(112)108-50-61-25-19-20-26-65(61)67-45-68(67)66-27-21-22-29-72(66)108/h19-22,25-27,29-37,52,56-58,64,69-70,73-74,80-81H,14-18,23-24,28,38-51,53-55,95H2,1-13H3,(H,98,123)(H,99,109)(H,100,111)(H,101,115)(H,102,117)(H,103,110)(H,104,118)(H,106,116)(H,113,114)(H,120,121)(H3,96,97,122)/t58-,64-,69-,70-,73+,74+,80-,81-,93?/m0/s1. The van der Waals surface area contributed by atoms with E-state index < -0.39 is 129 Å². The van der Waals surface area contributed by atoms with E-state index in [0.717, 1.165) is 60.9 Å². The van der Waals surface area contributed by atoms with Crippen molar-refractivity contribution in [3.8, 4) is 0 Å². The molecule has 1 aliphatic heterocycles. The number of aliphatic carboxylic acids is 2. The van der Waals surface area contributed by atoms with Crippen LogP contribution in [-0.4, -0.2) is 183 Å². The number of carboxylic acid groups (broad SMARTS) is 2. The van der Waals surface area contributed by atoms with Gasteiger partial charge in [-0.3, -0.25) is 52.7 Å². The molecule has 32 nitrogen and oxygen atoms in total. The van der Waals surface area contributed by atoms with Crippen molar-refractivity contribution in [2.45, 2.75) is 252 Å². The lowest BCUT2D eigenvalue weighted by Crippen LogP contribution is -2.58. The number of fused-ring (bicyclic) bond motifs is 4. The minimum absolute atomic E-state index is 0.00298. The number of nitrogens with one attached hydrogen (secondary N) is 9. The van der Waals surface area contributed by atoms with Crippen molar-refractivity contribution in [3.05, 3.63) is 141 Å². The number of primary amides is 1. The van der Waals surface area contributed by atoms with Gasteiger partial charge in [-0.15, -0.1) is 11.3 Å². The number of ether oxygens (including phenoxy) is 3. The van der Waals surface area contributed by atoms with Gasteiger partial charge in [0.05, 0.1) is 40.3 Å². The zero-order chi connectivity index (χ0) is 93.5. The molecular formula is C93H131IN14O18S. The second-order valence-electron chi connectivity index (χ2n) is 35.3. The van der Waals surface area contributed by atoms with E-state index in [1.807, 2.05) is 82.0 Å². The number of thiazole rings is 1. The minimum Gasteiger partial charge on any atom is -0.481 e. The van der Waals surface area contributed by atoms with Gasteiger partial charge < -0.3 is 93.5 Å². The monoisotopic (exact) mass is 1890 g/mol. The Hall–Kier alpha value is -10.4. The van der Waals surface area contributed by atoms with Gasteiger partial charge >= 0.3 is 24.1 Å². The van der Waals surface area contributed by atoms with Crippen LogP contribution in [0.1, 0.15) is 236 Å². The molecule has 34 heteroatoms. The summed E-state index contributed by atoms with van der Waals surface area (Å²) in [6, 6.07) is 22.4. The molecule has 127 heavy (non-hydrogen) atoms. The minimum atomic E-state index is -1.42. The molecule has 1 aliphatic carbocycles. The number of benzene rings is 4. The summed E-state index contributed by atoms with van der Waals surface area (Å²) in [7, 11) is 0. The highest BCUT2D eigenvalue weighted by Gasteiger charge is 2.40. The van der Waals surface area contributed by atoms with E-state index in [1.165, 1.54) is 34.6 Å². The summed E-state index contributed by atoms with van der Waals surface area (Å²) in [6.45, 7) is 25.2. The van der Waals surface area contributed by atoms with Crippen molar-refractivity contribution in [3.63, 3.8) is 0 Å². The number of para-hydroxylation sites is 1. The van der Waals surface area contributed by atoms with Crippen LogP contribution >= 0.6 is 33.9 Å². The Morgan fingerprint density at radius 2 is 1.32 bits per heavy atom. The number of carbonyl (C=O) groups is 13. The van der Waals surface area contributed by atoms with Gasteiger partial charge in [0, 0.05) is 98.2 Å². The molecule has 0 fully saturated rings. The third-order valence-electron chi connectivity index (χ3n) is 22.5. The molecular weight excluding hydrogens is 1760 g/mol. The molecule has 694 valence electrons. The van der Waals surface area contributed by atoms with Gasteiger partial charge in [-0.25, -0.2) is 14.6 Å². The maximum atomic E-state index is 14.2. The molecule has 15 N–H and O–H groups in total. The topological polar surface area (TPSA) is 470 Å². The number of halogens is 1. The summed E-state index contributed by atoms with van der Waals surface area (Å²) in [4.78, 5) is 182. The first kappa shape index (κ1) is 104. The van der Waals surface area contributed by atoms with Crippen LogP contribution in [-0.2, 0) is 81.7 Å². The number of carboxylic acids is 2. The van der Waals surface area contributed by atoms with Crippen molar-refractivity contribution >= 4 is 139 Å². The zero-order valence-electron chi connectivity index (χ0n) is 75.5. The first-order valence-corrected chi connectivity index (χ1v) is 45.8. The van der Waals surface area contributed by atoms with Crippen molar-refractivity contribution in [1.82, 2.24) is 47.1 Å². The highest BCUT2D eigenvalue weighted by Crippen LogP contribution is 2.52. The van der Waals surface area contributed by atoms with Crippen LogP contribution in [0.15, 0.2) is 102 Å². The highest BCUT2D eigenvalue weighted by molar-refractivity contribution is 14.1.